The van der Waals surface area contributed by atoms with Gasteiger partial charge in [0.2, 0.25) is 0 Å². The van der Waals surface area contributed by atoms with E-state index in [0.717, 1.165) is 6.07 Å². The van der Waals surface area contributed by atoms with Crippen LogP contribution in [0.15, 0.2) is 30.5 Å². The Bertz CT molecular complexity index is 575. The highest BCUT2D eigenvalue weighted by molar-refractivity contribution is 6.30. The maximum atomic E-state index is 12.2. The Hall–Kier alpha value is -1.82. The van der Waals surface area contributed by atoms with E-state index in [-0.39, 0.29) is 0 Å². The second-order valence-electron chi connectivity index (χ2n) is 3.47. The number of Topliss-reactive ketones (excluding diaryl/α,β-unsaturated/α-hetero) is 1. The van der Waals surface area contributed by atoms with Gasteiger partial charge in [0.05, 0.1) is 22.1 Å². The molecular formula is C11H6ClF3N2O. The molecule has 0 aromatic carbocycles. The zero-order valence-electron chi connectivity index (χ0n) is 8.75. The Kier molecular flexibility index (Phi) is 3.13. The van der Waals surface area contributed by atoms with Crippen LogP contribution < -0.4 is 0 Å². The molecular weight excluding hydrogens is 269 g/mol. The molecule has 0 saturated carbocycles. The van der Waals surface area contributed by atoms with Crippen LogP contribution in [0, 0.1) is 0 Å². The molecule has 1 N–H and O–H groups in total. The van der Waals surface area contributed by atoms with Crippen molar-refractivity contribution < 1.29 is 18.0 Å². The third-order valence-electron chi connectivity index (χ3n) is 2.19. The maximum Gasteiger partial charge on any atom is 0.456 e. The van der Waals surface area contributed by atoms with Crippen molar-refractivity contribution in [2.75, 3.05) is 0 Å². The highest BCUT2D eigenvalue weighted by Gasteiger charge is 2.40. The largest absolute Gasteiger partial charge is 0.456 e. The number of ketones is 1. The first-order valence-electron chi connectivity index (χ1n) is 4.80. The number of carbonyl (C=O) groups is 1. The van der Waals surface area contributed by atoms with Crippen LogP contribution in [-0.4, -0.2) is 21.9 Å². The lowest BCUT2D eigenvalue weighted by Crippen LogP contribution is -2.22. The summed E-state index contributed by atoms with van der Waals surface area (Å²) in [4.78, 5) is 17.3. The maximum absolute atomic E-state index is 12.2. The van der Waals surface area contributed by atoms with Gasteiger partial charge < -0.3 is 4.98 Å². The van der Waals surface area contributed by atoms with Gasteiger partial charge in [-0.15, -0.1) is 0 Å². The summed E-state index contributed by atoms with van der Waals surface area (Å²) in [5, 5.41) is 0.414. The fourth-order valence-electron chi connectivity index (χ4n) is 1.36. The molecule has 94 valence electrons. The van der Waals surface area contributed by atoms with Gasteiger partial charge in [-0.3, -0.25) is 9.78 Å². The van der Waals surface area contributed by atoms with Crippen LogP contribution in [0.4, 0.5) is 13.2 Å². The topological polar surface area (TPSA) is 45.8 Å². The number of rotatable bonds is 2. The summed E-state index contributed by atoms with van der Waals surface area (Å²) in [6, 6.07) is 5.52. The van der Waals surface area contributed by atoms with E-state index in [1.165, 1.54) is 18.3 Å². The number of H-pyrrole nitrogens is 1. The number of hydrogen-bond donors (Lipinski definition) is 1. The van der Waals surface area contributed by atoms with Gasteiger partial charge in [0.25, 0.3) is 5.78 Å². The lowest BCUT2D eigenvalue weighted by molar-refractivity contribution is -0.0887. The Morgan fingerprint density at radius 2 is 1.94 bits per heavy atom. The average Bonchev–Trinajstić information content (AvgIpc) is 2.77. The standard InChI is InChI=1S/C11H6ClF3N2O/c12-6-1-2-7(16-5-6)8-3-4-9(17-8)10(18)11(13,14)15/h1-5,17H. The number of nitrogens with one attached hydrogen (secondary N) is 1. The molecule has 0 aliphatic heterocycles. The zero-order chi connectivity index (χ0) is 13.3. The molecule has 0 unspecified atom stereocenters. The normalized spacial score (nSPS) is 11.6. The van der Waals surface area contributed by atoms with Gasteiger partial charge in [0.15, 0.2) is 0 Å². The third kappa shape index (κ3) is 2.53. The molecule has 0 fully saturated rings. The summed E-state index contributed by atoms with van der Waals surface area (Å²) in [5.41, 5.74) is 0.203. The van der Waals surface area contributed by atoms with Crippen LogP contribution in [0.5, 0.6) is 0 Å². The van der Waals surface area contributed by atoms with E-state index in [0.29, 0.717) is 16.4 Å². The highest BCUT2D eigenvalue weighted by Crippen LogP contribution is 2.23. The molecule has 2 heterocycles. The molecule has 18 heavy (non-hydrogen) atoms. The van der Waals surface area contributed by atoms with Crippen molar-refractivity contribution in [3.63, 3.8) is 0 Å². The molecule has 0 saturated heterocycles. The van der Waals surface area contributed by atoms with Gasteiger partial charge in [-0.1, -0.05) is 11.6 Å². The Morgan fingerprint density at radius 1 is 1.22 bits per heavy atom. The van der Waals surface area contributed by atoms with Crippen molar-refractivity contribution in [1.82, 2.24) is 9.97 Å². The molecule has 2 aromatic heterocycles. The smallest absolute Gasteiger partial charge is 0.351 e. The first-order valence-corrected chi connectivity index (χ1v) is 5.18. The van der Waals surface area contributed by atoms with Crippen LogP contribution in [0.3, 0.4) is 0 Å². The van der Waals surface area contributed by atoms with Gasteiger partial charge in [-0.2, -0.15) is 13.2 Å². The van der Waals surface area contributed by atoms with Crippen molar-refractivity contribution in [2.45, 2.75) is 6.18 Å². The SMILES string of the molecule is O=C(c1ccc(-c2ccc(Cl)cn2)[nH]1)C(F)(F)F. The number of halogens is 4. The molecule has 7 heteroatoms. The van der Waals surface area contributed by atoms with Crippen molar-refractivity contribution >= 4 is 17.4 Å². The van der Waals surface area contributed by atoms with E-state index < -0.39 is 17.7 Å². The summed E-state index contributed by atoms with van der Waals surface area (Å²) >= 11 is 5.64. The van der Waals surface area contributed by atoms with Crippen molar-refractivity contribution in [2.24, 2.45) is 0 Å². The molecule has 0 bridgehead atoms. The first kappa shape index (κ1) is 12.6. The highest BCUT2D eigenvalue weighted by atomic mass is 35.5. The van der Waals surface area contributed by atoms with Gasteiger partial charge in [0.1, 0.15) is 0 Å². The number of pyridine rings is 1. The summed E-state index contributed by atoms with van der Waals surface area (Å²) in [6.45, 7) is 0. The number of alkyl halides is 3. The molecule has 0 atom stereocenters. The molecule has 2 aromatic rings. The number of aromatic nitrogens is 2. The minimum atomic E-state index is -4.89. The number of nitrogens with zero attached hydrogens (tertiary/aromatic N) is 1. The molecule has 0 aliphatic carbocycles. The van der Waals surface area contributed by atoms with Gasteiger partial charge in [-0.25, -0.2) is 0 Å². The summed E-state index contributed by atoms with van der Waals surface area (Å²) < 4.78 is 36.6. The van der Waals surface area contributed by atoms with E-state index in [1.807, 2.05) is 0 Å². The summed E-state index contributed by atoms with van der Waals surface area (Å²) in [6.07, 6.45) is -3.53. The number of aromatic amines is 1. The molecule has 0 spiro atoms. The predicted molar refractivity (Wildman–Crippen MR) is 59.4 cm³/mol. The van der Waals surface area contributed by atoms with E-state index >= 15 is 0 Å². The van der Waals surface area contributed by atoms with Gasteiger partial charge >= 0.3 is 6.18 Å². The summed E-state index contributed by atoms with van der Waals surface area (Å²) in [5.74, 6) is -1.91. The lowest BCUT2D eigenvalue weighted by atomic mass is 10.3. The van der Waals surface area contributed by atoms with Gasteiger partial charge in [-0.05, 0) is 24.3 Å². The molecule has 0 aliphatic rings. The van der Waals surface area contributed by atoms with Crippen LogP contribution in [0.25, 0.3) is 11.4 Å². The average molecular weight is 275 g/mol. The second-order valence-corrected chi connectivity index (χ2v) is 3.91. The second kappa shape index (κ2) is 4.45. The fraction of sp³-hybridized carbons (Fsp3) is 0.0909. The summed E-state index contributed by atoms with van der Waals surface area (Å²) in [7, 11) is 0. The Labute approximate surface area is 105 Å². The van der Waals surface area contributed by atoms with Gasteiger partial charge in [0, 0.05) is 6.20 Å². The van der Waals surface area contributed by atoms with Crippen molar-refractivity contribution in [3.8, 4) is 11.4 Å². The Balaban J connectivity index is 2.31. The zero-order valence-corrected chi connectivity index (χ0v) is 9.51. The minimum absolute atomic E-state index is 0.319. The van der Waals surface area contributed by atoms with Crippen molar-refractivity contribution in [3.05, 3.63) is 41.2 Å². The van der Waals surface area contributed by atoms with Crippen LogP contribution in [0.2, 0.25) is 5.02 Å². The molecule has 2 rings (SSSR count). The third-order valence-corrected chi connectivity index (χ3v) is 2.42. The van der Waals surface area contributed by atoms with E-state index in [2.05, 4.69) is 9.97 Å². The van der Waals surface area contributed by atoms with Crippen LogP contribution >= 0.6 is 11.6 Å². The predicted octanol–water partition coefficient (Wildman–Crippen LogP) is 3.48. The number of carbonyl (C=O) groups excluding carboxylic acids is 1. The molecule has 3 nitrogen and oxygen atoms in total. The quantitative estimate of drug-likeness (QED) is 0.852. The van der Waals surface area contributed by atoms with E-state index in [9.17, 15) is 18.0 Å². The molecule has 0 radical (unpaired) electrons. The van der Waals surface area contributed by atoms with Crippen LogP contribution in [-0.2, 0) is 0 Å². The van der Waals surface area contributed by atoms with Crippen molar-refractivity contribution in [1.29, 1.82) is 0 Å². The monoisotopic (exact) mass is 274 g/mol. The molecule has 0 amide bonds. The van der Waals surface area contributed by atoms with Crippen LogP contribution in [0.1, 0.15) is 10.5 Å². The van der Waals surface area contributed by atoms with E-state index in [4.69, 9.17) is 11.6 Å². The lowest BCUT2D eigenvalue weighted by Gasteiger charge is -2.02. The Morgan fingerprint density at radius 3 is 2.50 bits per heavy atom. The first-order chi connectivity index (χ1) is 8.38. The number of hydrogen-bond acceptors (Lipinski definition) is 2. The fourth-order valence-corrected chi connectivity index (χ4v) is 1.48. The minimum Gasteiger partial charge on any atom is -0.351 e. The van der Waals surface area contributed by atoms with E-state index in [1.54, 1.807) is 6.07 Å².